The first-order valence-corrected chi connectivity index (χ1v) is 14.6. The molecule has 3 aromatic rings. The third-order valence-electron chi connectivity index (χ3n) is 10.1. The summed E-state index contributed by atoms with van der Waals surface area (Å²) in [6.45, 7) is 2.77. The van der Waals surface area contributed by atoms with Crippen LogP contribution < -0.4 is 5.69 Å². The average Bonchev–Trinajstić information content (AvgIpc) is 3.50. The van der Waals surface area contributed by atoms with Crippen molar-refractivity contribution in [3.05, 3.63) is 52.2 Å². The van der Waals surface area contributed by atoms with Crippen LogP contribution in [0.1, 0.15) is 87.3 Å². The molecule has 1 saturated heterocycles. The van der Waals surface area contributed by atoms with Crippen molar-refractivity contribution in [1.82, 2.24) is 28.6 Å². The molecule has 0 spiro atoms. The maximum Gasteiger partial charge on any atom is 0.418 e. The van der Waals surface area contributed by atoms with Gasteiger partial charge in [0.15, 0.2) is 0 Å². The molecule has 3 fully saturated rings. The first-order valence-electron chi connectivity index (χ1n) is 14.6. The van der Waals surface area contributed by atoms with Crippen molar-refractivity contribution in [3.63, 3.8) is 0 Å². The molecule has 2 unspecified atom stereocenters. The zero-order valence-corrected chi connectivity index (χ0v) is 23.8. The van der Waals surface area contributed by atoms with Gasteiger partial charge in [-0.1, -0.05) is 6.42 Å². The summed E-state index contributed by atoms with van der Waals surface area (Å²) in [6, 6.07) is 0.566. The van der Waals surface area contributed by atoms with E-state index in [0.29, 0.717) is 37.9 Å². The molecule has 2 aliphatic carbocycles. The topological polar surface area (TPSA) is 69.6 Å². The third-order valence-corrected chi connectivity index (χ3v) is 10.1. The number of halogens is 4. The van der Waals surface area contributed by atoms with Crippen molar-refractivity contribution in [1.29, 1.82) is 0 Å². The maximum absolute atomic E-state index is 14.4. The zero-order valence-electron chi connectivity index (χ0n) is 23.8. The van der Waals surface area contributed by atoms with E-state index >= 15 is 0 Å². The Morgan fingerprint density at radius 3 is 2.49 bits per heavy atom. The first kappa shape index (κ1) is 28.4. The van der Waals surface area contributed by atoms with Crippen molar-refractivity contribution < 1.29 is 22.3 Å². The van der Waals surface area contributed by atoms with E-state index in [9.17, 15) is 22.4 Å². The van der Waals surface area contributed by atoms with Crippen LogP contribution in [0, 0.1) is 5.92 Å². The zero-order chi connectivity index (χ0) is 29.1. The Bertz CT molecular complexity index is 1450. The second-order valence-electron chi connectivity index (χ2n) is 12.4. The second kappa shape index (κ2) is 10.5. The minimum absolute atomic E-state index is 0.123. The Morgan fingerprint density at radius 1 is 1.12 bits per heavy atom. The minimum atomic E-state index is -4.63. The van der Waals surface area contributed by atoms with Crippen LogP contribution in [0.4, 0.5) is 17.6 Å². The SMILES string of the molecule is COC1CC(c2nncn2C)(C2CCCC(n3cc4c(C(F)(F)F)cc([C@@H](C)N5CCC(F)CC5)cn4c3=O)C2)C1. The Labute approximate surface area is 236 Å². The number of rotatable bonds is 6. The maximum atomic E-state index is 14.4. The van der Waals surface area contributed by atoms with E-state index in [-0.39, 0.29) is 35.0 Å². The van der Waals surface area contributed by atoms with E-state index in [2.05, 4.69) is 10.2 Å². The normalized spacial score (nSPS) is 29.1. The number of imidazole rings is 1. The molecule has 2 saturated carbocycles. The van der Waals surface area contributed by atoms with Crippen LogP contribution in [0.3, 0.4) is 0 Å². The van der Waals surface area contributed by atoms with E-state index in [1.807, 2.05) is 23.4 Å². The van der Waals surface area contributed by atoms with Crippen molar-refractivity contribution in [3.8, 4) is 0 Å². The predicted octanol–water partition coefficient (Wildman–Crippen LogP) is 5.22. The second-order valence-corrected chi connectivity index (χ2v) is 12.4. The van der Waals surface area contributed by atoms with Crippen LogP contribution in [-0.4, -0.2) is 61.1 Å². The van der Waals surface area contributed by atoms with Gasteiger partial charge in [-0.05, 0) is 69.4 Å². The van der Waals surface area contributed by atoms with Gasteiger partial charge in [-0.15, -0.1) is 10.2 Å². The minimum Gasteiger partial charge on any atom is -0.381 e. The number of alkyl halides is 4. The van der Waals surface area contributed by atoms with Crippen molar-refractivity contribution in [2.75, 3.05) is 20.2 Å². The van der Waals surface area contributed by atoms with E-state index in [0.717, 1.165) is 44.0 Å². The summed E-state index contributed by atoms with van der Waals surface area (Å²) in [4.78, 5) is 15.8. The average molecular weight is 579 g/mol. The molecule has 12 heteroatoms. The van der Waals surface area contributed by atoms with E-state index in [1.54, 1.807) is 19.6 Å². The van der Waals surface area contributed by atoms with Crippen LogP contribution in [0.5, 0.6) is 0 Å². The largest absolute Gasteiger partial charge is 0.418 e. The molecule has 1 aliphatic heterocycles. The lowest BCUT2D eigenvalue weighted by Crippen LogP contribution is -2.53. The van der Waals surface area contributed by atoms with Crippen LogP contribution >= 0.6 is 0 Å². The number of aryl methyl sites for hydroxylation is 1. The molecular formula is C29H38F4N6O2. The van der Waals surface area contributed by atoms with Gasteiger partial charge < -0.3 is 9.30 Å². The number of hydrogen-bond acceptors (Lipinski definition) is 5. The summed E-state index contributed by atoms with van der Waals surface area (Å²) in [5.41, 5.74) is -1.23. The van der Waals surface area contributed by atoms with Crippen molar-refractivity contribution >= 4 is 5.52 Å². The fraction of sp³-hybridized carbons (Fsp3) is 0.690. The van der Waals surface area contributed by atoms with E-state index in [1.165, 1.54) is 15.2 Å². The highest BCUT2D eigenvalue weighted by Gasteiger charge is 2.54. The molecule has 0 N–H and O–H groups in total. The fourth-order valence-electron chi connectivity index (χ4n) is 7.68. The summed E-state index contributed by atoms with van der Waals surface area (Å²) in [7, 11) is 3.64. The number of fused-ring (bicyclic) bond motifs is 1. The molecule has 6 rings (SSSR count). The van der Waals surface area contributed by atoms with Gasteiger partial charge >= 0.3 is 11.9 Å². The van der Waals surface area contributed by atoms with Gasteiger partial charge in [-0.25, -0.2) is 9.18 Å². The van der Waals surface area contributed by atoms with Crippen molar-refractivity contribution in [2.24, 2.45) is 13.0 Å². The Hall–Kier alpha value is -2.73. The number of methoxy groups -OCH3 is 1. The predicted molar refractivity (Wildman–Crippen MR) is 144 cm³/mol. The fourth-order valence-corrected chi connectivity index (χ4v) is 7.68. The molecule has 0 radical (unpaired) electrons. The summed E-state index contributed by atoms with van der Waals surface area (Å²) >= 11 is 0. The molecule has 4 heterocycles. The monoisotopic (exact) mass is 578 g/mol. The number of pyridine rings is 1. The number of hydrogen-bond donors (Lipinski definition) is 0. The lowest BCUT2D eigenvalue weighted by Gasteiger charge is -2.52. The van der Waals surface area contributed by atoms with Gasteiger partial charge in [-0.3, -0.25) is 13.9 Å². The summed E-state index contributed by atoms with van der Waals surface area (Å²) in [6.07, 6.45) is 4.79. The van der Waals surface area contributed by atoms with Crippen LogP contribution in [0.2, 0.25) is 0 Å². The summed E-state index contributed by atoms with van der Waals surface area (Å²) < 4.78 is 67.1. The molecule has 3 aliphatic rings. The number of piperidine rings is 1. The Morgan fingerprint density at radius 2 is 1.85 bits per heavy atom. The molecular weight excluding hydrogens is 540 g/mol. The van der Waals surface area contributed by atoms with Gasteiger partial charge in [0.05, 0.1) is 17.2 Å². The third kappa shape index (κ3) is 4.90. The van der Waals surface area contributed by atoms with Crippen LogP contribution in [0.25, 0.3) is 5.52 Å². The molecule has 0 amide bonds. The molecule has 41 heavy (non-hydrogen) atoms. The van der Waals surface area contributed by atoms with E-state index in [4.69, 9.17) is 4.74 Å². The van der Waals surface area contributed by atoms with Gasteiger partial charge in [0.2, 0.25) is 0 Å². The smallest absolute Gasteiger partial charge is 0.381 e. The molecule has 0 aromatic carbocycles. The molecule has 8 nitrogen and oxygen atoms in total. The number of aromatic nitrogens is 5. The highest BCUT2D eigenvalue weighted by molar-refractivity contribution is 5.56. The van der Waals surface area contributed by atoms with Crippen LogP contribution in [-0.2, 0) is 23.4 Å². The highest BCUT2D eigenvalue weighted by atomic mass is 19.4. The number of nitrogens with zero attached hydrogens (tertiary/aromatic N) is 6. The number of likely N-dealkylation sites (tertiary alicyclic amines) is 1. The van der Waals surface area contributed by atoms with Gasteiger partial charge in [-0.2, -0.15) is 13.2 Å². The molecule has 224 valence electrons. The molecule has 0 bridgehead atoms. The summed E-state index contributed by atoms with van der Waals surface area (Å²) in [5.74, 6) is 1.10. The van der Waals surface area contributed by atoms with E-state index < -0.39 is 23.6 Å². The van der Waals surface area contributed by atoms with Gasteiger partial charge in [0.1, 0.15) is 18.3 Å². The first-order chi connectivity index (χ1) is 19.5. The Balaban J connectivity index is 1.35. The Kier molecular flexibility index (Phi) is 7.28. The van der Waals surface area contributed by atoms with Crippen LogP contribution in [0.15, 0.2) is 29.6 Å². The highest BCUT2D eigenvalue weighted by Crippen LogP contribution is 2.55. The standard InChI is InChI=1S/C29H38F4N6O2/c1-18(37-9-7-21(30)8-10-37)19-11-24(29(31,32)33)25-16-38(27(40)39(25)15-19)22-6-4-5-20(12-22)28(13-23(14-28)41-3)26-35-34-17-36(26)2/h11,15-18,20-23H,4-10,12-14H2,1-3H3/t18-,20?,22?,23?,28?/m1/s1. The lowest BCUT2D eigenvalue weighted by molar-refractivity contribution is -0.136. The molecule has 3 aromatic heterocycles. The molecule has 3 atom stereocenters. The quantitative estimate of drug-likeness (QED) is 0.375. The van der Waals surface area contributed by atoms with Crippen molar-refractivity contribution in [2.45, 2.75) is 94.2 Å². The lowest BCUT2D eigenvalue weighted by atomic mass is 9.55. The number of ether oxygens (including phenoxy) is 1. The van der Waals surface area contributed by atoms with Gasteiger partial charge in [0, 0.05) is 57.1 Å². The van der Waals surface area contributed by atoms with Gasteiger partial charge in [0.25, 0.3) is 0 Å². The summed E-state index contributed by atoms with van der Waals surface area (Å²) in [5, 5.41) is 8.56.